The summed E-state index contributed by atoms with van der Waals surface area (Å²) in [6.07, 6.45) is 0. The van der Waals surface area contributed by atoms with Crippen LogP contribution in [0.25, 0.3) is 10.6 Å². The third-order valence-electron chi connectivity index (χ3n) is 5.67. The summed E-state index contributed by atoms with van der Waals surface area (Å²) in [5.74, 6) is 0.0594. The van der Waals surface area contributed by atoms with E-state index >= 15 is 0 Å². The van der Waals surface area contributed by atoms with Gasteiger partial charge in [0.25, 0.3) is 0 Å². The van der Waals surface area contributed by atoms with E-state index in [-0.39, 0.29) is 5.91 Å². The molecular weight excluding hydrogens is 392 g/mol. The Bertz CT molecular complexity index is 993. The van der Waals surface area contributed by atoms with Gasteiger partial charge >= 0.3 is 0 Å². The van der Waals surface area contributed by atoms with Crippen LogP contribution in [0, 0.1) is 13.8 Å². The summed E-state index contributed by atoms with van der Waals surface area (Å²) in [5.41, 5.74) is 5.54. The molecule has 3 aromatic rings. The number of piperazine rings is 1. The minimum Gasteiger partial charge on any atom is -0.325 e. The van der Waals surface area contributed by atoms with Crippen molar-refractivity contribution in [2.75, 3.05) is 38.0 Å². The van der Waals surface area contributed by atoms with Crippen LogP contribution in [-0.4, -0.2) is 53.4 Å². The van der Waals surface area contributed by atoms with Gasteiger partial charge in [-0.25, -0.2) is 4.98 Å². The minimum absolute atomic E-state index is 0.0594. The van der Waals surface area contributed by atoms with Gasteiger partial charge in [0.05, 0.1) is 12.2 Å². The van der Waals surface area contributed by atoms with Gasteiger partial charge in [0.2, 0.25) is 5.91 Å². The predicted molar refractivity (Wildman–Crippen MR) is 124 cm³/mol. The van der Waals surface area contributed by atoms with Crippen LogP contribution in [0.4, 0.5) is 5.69 Å². The van der Waals surface area contributed by atoms with E-state index in [2.05, 4.69) is 45.6 Å². The van der Waals surface area contributed by atoms with Gasteiger partial charge in [0.1, 0.15) is 5.01 Å². The molecule has 0 aliphatic carbocycles. The number of hydrogen-bond acceptors (Lipinski definition) is 5. The molecule has 1 aromatic heterocycles. The van der Waals surface area contributed by atoms with Crippen LogP contribution in [0.5, 0.6) is 0 Å². The molecule has 6 heteroatoms. The van der Waals surface area contributed by atoms with Crippen LogP contribution in [0.15, 0.2) is 53.9 Å². The zero-order valence-electron chi connectivity index (χ0n) is 17.6. The number of benzene rings is 2. The molecule has 30 heavy (non-hydrogen) atoms. The van der Waals surface area contributed by atoms with E-state index in [0.717, 1.165) is 54.7 Å². The van der Waals surface area contributed by atoms with Gasteiger partial charge in [0, 0.05) is 49.4 Å². The lowest BCUT2D eigenvalue weighted by atomic mass is 10.1. The number of rotatable bonds is 6. The van der Waals surface area contributed by atoms with Gasteiger partial charge in [0.15, 0.2) is 0 Å². The highest BCUT2D eigenvalue weighted by Gasteiger charge is 2.20. The Morgan fingerprint density at radius 1 is 1.00 bits per heavy atom. The number of carbonyl (C=O) groups is 1. The van der Waals surface area contributed by atoms with Crippen LogP contribution in [0.1, 0.15) is 16.8 Å². The number of carbonyl (C=O) groups excluding carboxylic acids is 1. The number of nitrogens with one attached hydrogen (secondary N) is 1. The number of aryl methyl sites for hydroxylation is 1. The van der Waals surface area contributed by atoms with Crippen LogP contribution < -0.4 is 5.32 Å². The summed E-state index contributed by atoms with van der Waals surface area (Å²) in [7, 11) is 0. The zero-order valence-corrected chi connectivity index (χ0v) is 18.4. The fourth-order valence-electron chi connectivity index (χ4n) is 3.71. The molecule has 1 fully saturated rings. The first-order chi connectivity index (χ1) is 14.6. The molecule has 0 spiro atoms. The third-order valence-corrected chi connectivity index (χ3v) is 6.61. The van der Waals surface area contributed by atoms with Crippen LogP contribution in [0.3, 0.4) is 0 Å². The molecule has 1 amide bonds. The fourth-order valence-corrected chi connectivity index (χ4v) is 4.52. The zero-order chi connectivity index (χ0) is 20.9. The van der Waals surface area contributed by atoms with Crippen molar-refractivity contribution in [2.24, 2.45) is 0 Å². The second-order valence-electron chi connectivity index (χ2n) is 7.86. The molecule has 1 aliphatic heterocycles. The summed E-state index contributed by atoms with van der Waals surface area (Å²) in [6, 6.07) is 16.3. The first kappa shape index (κ1) is 20.7. The van der Waals surface area contributed by atoms with E-state index < -0.39 is 0 Å². The van der Waals surface area contributed by atoms with E-state index in [9.17, 15) is 4.79 Å². The SMILES string of the molecule is Cc1cccc(NC(=O)CN2CCN(Cc3csc(-c4ccccc4)n3)CC2)c1C. The quantitative estimate of drug-likeness (QED) is 0.650. The fraction of sp³-hybridized carbons (Fsp3) is 0.333. The average molecular weight is 421 g/mol. The molecular formula is C24H28N4OS. The molecule has 1 saturated heterocycles. The van der Waals surface area contributed by atoms with E-state index in [0.29, 0.717) is 6.54 Å². The summed E-state index contributed by atoms with van der Waals surface area (Å²) in [4.78, 5) is 21.9. The van der Waals surface area contributed by atoms with E-state index in [1.165, 1.54) is 11.1 Å². The van der Waals surface area contributed by atoms with Gasteiger partial charge in [-0.1, -0.05) is 42.5 Å². The largest absolute Gasteiger partial charge is 0.325 e. The van der Waals surface area contributed by atoms with E-state index in [4.69, 9.17) is 4.98 Å². The van der Waals surface area contributed by atoms with Gasteiger partial charge in [-0.2, -0.15) is 0 Å². The monoisotopic (exact) mass is 420 g/mol. The smallest absolute Gasteiger partial charge is 0.238 e. The number of nitrogens with zero attached hydrogens (tertiary/aromatic N) is 3. The molecule has 0 unspecified atom stereocenters. The summed E-state index contributed by atoms with van der Waals surface area (Å²) in [5, 5.41) is 6.30. The van der Waals surface area contributed by atoms with Crippen molar-refractivity contribution in [3.05, 3.63) is 70.7 Å². The maximum Gasteiger partial charge on any atom is 0.238 e. The second-order valence-corrected chi connectivity index (χ2v) is 8.72. The standard InChI is InChI=1S/C24H28N4OS/c1-18-7-6-10-22(19(18)2)26-23(29)16-28-13-11-27(12-14-28)15-21-17-30-24(25-21)20-8-4-3-5-9-20/h3-10,17H,11-16H2,1-2H3,(H,26,29). The minimum atomic E-state index is 0.0594. The topological polar surface area (TPSA) is 48.5 Å². The molecule has 2 heterocycles. The van der Waals surface area contributed by atoms with Gasteiger partial charge in [-0.05, 0) is 31.0 Å². The predicted octanol–water partition coefficient (Wildman–Crippen LogP) is 4.18. The molecule has 1 N–H and O–H groups in total. The highest BCUT2D eigenvalue weighted by Crippen LogP contribution is 2.24. The molecule has 4 rings (SSSR count). The van der Waals surface area contributed by atoms with Crippen LogP contribution in [0.2, 0.25) is 0 Å². The maximum atomic E-state index is 12.5. The number of thiazole rings is 1. The van der Waals surface area contributed by atoms with Crippen molar-refractivity contribution in [1.29, 1.82) is 0 Å². The number of hydrogen-bond donors (Lipinski definition) is 1. The van der Waals surface area contributed by atoms with Crippen LogP contribution in [-0.2, 0) is 11.3 Å². The van der Waals surface area contributed by atoms with Crippen molar-refractivity contribution in [1.82, 2.24) is 14.8 Å². The Balaban J connectivity index is 1.25. The lowest BCUT2D eigenvalue weighted by Crippen LogP contribution is -2.48. The lowest BCUT2D eigenvalue weighted by molar-refractivity contribution is -0.117. The van der Waals surface area contributed by atoms with Gasteiger partial charge < -0.3 is 5.32 Å². The van der Waals surface area contributed by atoms with Crippen molar-refractivity contribution >= 4 is 22.9 Å². The molecule has 0 radical (unpaired) electrons. The summed E-state index contributed by atoms with van der Waals surface area (Å²) in [6.45, 7) is 9.12. The Kier molecular flexibility index (Phi) is 6.57. The van der Waals surface area contributed by atoms with Gasteiger partial charge in [-0.3, -0.25) is 14.6 Å². The molecule has 2 aromatic carbocycles. The number of anilines is 1. The highest BCUT2D eigenvalue weighted by molar-refractivity contribution is 7.13. The Morgan fingerprint density at radius 2 is 1.73 bits per heavy atom. The second kappa shape index (κ2) is 9.51. The lowest BCUT2D eigenvalue weighted by Gasteiger charge is -2.33. The molecule has 5 nitrogen and oxygen atoms in total. The maximum absolute atomic E-state index is 12.5. The first-order valence-corrected chi connectivity index (χ1v) is 11.3. The van der Waals surface area contributed by atoms with E-state index in [1.807, 2.05) is 37.3 Å². The number of amides is 1. The Labute approximate surface area is 182 Å². The van der Waals surface area contributed by atoms with Crippen molar-refractivity contribution in [3.63, 3.8) is 0 Å². The molecule has 0 atom stereocenters. The molecule has 1 aliphatic rings. The van der Waals surface area contributed by atoms with Crippen molar-refractivity contribution < 1.29 is 4.79 Å². The molecule has 0 saturated carbocycles. The average Bonchev–Trinajstić information content (AvgIpc) is 3.22. The third kappa shape index (κ3) is 5.14. The van der Waals surface area contributed by atoms with Gasteiger partial charge in [-0.15, -0.1) is 11.3 Å². The summed E-state index contributed by atoms with van der Waals surface area (Å²) < 4.78 is 0. The molecule has 0 bridgehead atoms. The summed E-state index contributed by atoms with van der Waals surface area (Å²) >= 11 is 1.70. The normalized spacial score (nSPS) is 15.3. The number of aromatic nitrogens is 1. The van der Waals surface area contributed by atoms with Crippen molar-refractivity contribution in [2.45, 2.75) is 20.4 Å². The Hall–Kier alpha value is -2.54. The highest BCUT2D eigenvalue weighted by atomic mass is 32.1. The van der Waals surface area contributed by atoms with Crippen LogP contribution >= 0.6 is 11.3 Å². The van der Waals surface area contributed by atoms with E-state index in [1.54, 1.807) is 11.3 Å². The molecule has 156 valence electrons. The Morgan fingerprint density at radius 3 is 2.50 bits per heavy atom. The van der Waals surface area contributed by atoms with Crippen molar-refractivity contribution in [3.8, 4) is 10.6 Å². The first-order valence-electron chi connectivity index (χ1n) is 10.4.